The number of hydrogen-bond donors (Lipinski definition) is 1. The van der Waals surface area contributed by atoms with Crippen LogP contribution in [-0.4, -0.2) is 24.0 Å². The fraction of sp³-hybridized carbons (Fsp3) is 0.500. The Morgan fingerprint density at radius 1 is 1.16 bits per heavy atom. The topological polar surface area (TPSA) is 32.3 Å². The normalized spacial score (nSPS) is 16.1. The summed E-state index contributed by atoms with van der Waals surface area (Å²) in [5.74, 6) is -1.45. The van der Waals surface area contributed by atoms with Crippen molar-refractivity contribution in [1.29, 1.82) is 0 Å². The van der Waals surface area contributed by atoms with E-state index in [1.54, 1.807) is 4.90 Å². The van der Waals surface area contributed by atoms with Gasteiger partial charge in [0.25, 0.3) is 0 Å². The first kappa shape index (κ1) is 13.8. The standard InChI is InChI=1S/C14H18F2N2O/c1-10-6-7-11(15)13(12(10)16)17-14(19)18-8-4-2-3-5-9-18/h6-7H,2-5,8-9H2,1H3,(H,17,19). The fourth-order valence-electron chi connectivity index (χ4n) is 2.23. The number of nitrogens with one attached hydrogen (secondary N) is 1. The van der Waals surface area contributed by atoms with Gasteiger partial charge in [-0.15, -0.1) is 0 Å². The third-order valence-electron chi connectivity index (χ3n) is 3.41. The van der Waals surface area contributed by atoms with E-state index in [0.29, 0.717) is 18.7 Å². The van der Waals surface area contributed by atoms with Crippen LogP contribution in [0, 0.1) is 18.6 Å². The van der Waals surface area contributed by atoms with Gasteiger partial charge in [0.05, 0.1) is 0 Å². The van der Waals surface area contributed by atoms with E-state index >= 15 is 0 Å². The molecule has 1 saturated heterocycles. The van der Waals surface area contributed by atoms with Gasteiger partial charge in [0.2, 0.25) is 0 Å². The molecule has 19 heavy (non-hydrogen) atoms. The molecular weight excluding hydrogens is 250 g/mol. The number of nitrogens with zero attached hydrogens (tertiary/aromatic N) is 1. The molecule has 3 nitrogen and oxygen atoms in total. The number of aryl methyl sites for hydroxylation is 1. The Bertz CT molecular complexity index is 469. The fourth-order valence-corrected chi connectivity index (χ4v) is 2.23. The molecule has 1 N–H and O–H groups in total. The summed E-state index contributed by atoms with van der Waals surface area (Å²) in [6.07, 6.45) is 4.06. The second-order valence-electron chi connectivity index (χ2n) is 4.88. The summed E-state index contributed by atoms with van der Waals surface area (Å²) in [5, 5.41) is 2.35. The maximum absolute atomic E-state index is 13.8. The smallest absolute Gasteiger partial charge is 0.322 e. The lowest BCUT2D eigenvalue weighted by molar-refractivity contribution is 0.213. The van der Waals surface area contributed by atoms with Crippen molar-refractivity contribution in [3.63, 3.8) is 0 Å². The minimum absolute atomic E-state index is 0.313. The quantitative estimate of drug-likeness (QED) is 0.828. The van der Waals surface area contributed by atoms with Gasteiger partial charge >= 0.3 is 6.03 Å². The highest BCUT2D eigenvalue weighted by Crippen LogP contribution is 2.22. The Balaban J connectivity index is 2.12. The van der Waals surface area contributed by atoms with E-state index in [4.69, 9.17) is 0 Å². The summed E-state index contributed by atoms with van der Waals surface area (Å²) in [4.78, 5) is 13.6. The lowest BCUT2D eigenvalue weighted by Crippen LogP contribution is -2.36. The van der Waals surface area contributed by atoms with Crippen molar-refractivity contribution in [2.45, 2.75) is 32.6 Å². The number of hydrogen-bond acceptors (Lipinski definition) is 1. The zero-order valence-corrected chi connectivity index (χ0v) is 11.0. The summed E-state index contributed by atoms with van der Waals surface area (Å²) < 4.78 is 27.4. The van der Waals surface area contributed by atoms with E-state index in [9.17, 15) is 13.6 Å². The minimum atomic E-state index is -0.744. The molecule has 0 unspecified atom stereocenters. The van der Waals surface area contributed by atoms with E-state index in [2.05, 4.69) is 5.32 Å². The summed E-state index contributed by atoms with van der Waals surface area (Å²) in [6.45, 7) is 2.82. The Morgan fingerprint density at radius 3 is 2.42 bits per heavy atom. The second-order valence-corrected chi connectivity index (χ2v) is 4.88. The Labute approximate surface area is 111 Å². The van der Waals surface area contributed by atoms with Crippen molar-refractivity contribution in [3.05, 3.63) is 29.3 Å². The predicted molar refractivity (Wildman–Crippen MR) is 70.2 cm³/mol. The molecule has 2 amide bonds. The minimum Gasteiger partial charge on any atom is -0.325 e. The van der Waals surface area contributed by atoms with E-state index in [1.165, 1.54) is 13.0 Å². The molecule has 1 aliphatic heterocycles. The molecule has 104 valence electrons. The number of benzene rings is 1. The maximum atomic E-state index is 13.8. The lowest BCUT2D eigenvalue weighted by Gasteiger charge is -2.21. The van der Waals surface area contributed by atoms with Crippen LogP contribution in [0.3, 0.4) is 0 Å². The predicted octanol–water partition coefficient (Wildman–Crippen LogP) is 3.68. The summed E-state index contributed by atoms with van der Waals surface area (Å²) >= 11 is 0. The molecule has 1 heterocycles. The van der Waals surface area contributed by atoms with Gasteiger partial charge in [-0.3, -0.25) is 0 Å². The number of amides is 2. The monoisotopic (exact) mass is 268 g/mol. The molecule has 5 heteroatoms. The van der Waals surface area contributed by atoms with Gasteiger partial charge in [-0.25, -0.2) is 13.6 Å². The Kier molecular flexibility index (Phi) is 4.35. The number of urea groups is 1. The molecule has 0 saturated carbocycles. The van der Waals surface area contributed by atoms with Gasteiger partial charge in [-0.05, 0) is 31.4 Å². The molecule has 0 aromatic heterocycles. The van der Waals surface area contributed by atoms with Crippen molar-refractivity contribution in [2.24, 2.45) is 0 Å². The largest absolute Gasteiger partial charge is 0.325 e. The van der Waals surface area contributed by atoms with Gasteiger partial charge in [-0.1, -0.05) is 18.9 Å². The number of carbonyl (C=O) groups is 1. The Hall–Kier alpha value is -1.65. The molecule has 0 aliphatic carbocycles. The molecule has 1 aromatic rings. The third-order valence-corrected chi connectivity index (χ3v) is 3.41. The number of rotatable bonds is 1. The lowest BCUT2D eigenvalue weighted by atomic mass is 10.2. The van der Waals surface area contributed by atoms with Crippen LogP contribution in [0.25, 0.3) is 0 Å². The number of likely N-dealkylation sites (tertiary alicyclic amines) is 1. The van der Waals surface area contributed by atoms with Crippen LogP contribution in [0.4, 0.5) is 19.3 Å². The molecule has 2 rings (SSSR count). The molecular formula is C14H18F2N2O. The van der Waals surface area contributed by atoms with E-state index in [0.717, 1.165) is 31.7 Å². The van der Waals surface area contributed by atoms with Crippen molar-refractivity contribution in [1.82, 2.24) is 4.90 Å². The van der Waals surface area contributed by atoms with Gasteiger partial charge < -0.3 is 10.2 Å². The zero-order valence-electron chi connectivity index (χ0n) is 11.0. The van der Waals surface area contributed by atoms with Crippen LogP contribution in [0.2, 0.25) is 0 Å². The van der Waals surface area contributed by atoms with Crippen LogP contribution < -0.4 is 5.32 Å². The maximum Gasteiger partial charge on any atom is 0.322 e. The zero-order chi connectivity index (χ0) is 13.8. The summed E-state index contributed by atoms with van der Waals surface area (Å²) in [5.41, 5.74) is -0.0400. The first-order valence-corrected chi connectivity index (χ1v) is 6.60. The van der Waals surface area contributed by atoms with Crippen LogP contribution in [0.1, 0.15) is 31.2 Å². The molecule has 1 aromatic carbocycles. The number of halogens is 2. The van der Waals surface area contributed by atoms with E-state index in [-0.39, 0.29) is 5.69 Å². The van der Waals surface area contributed by atoms with E-state index < -0.39 is 17.7 Å². The third kappa shape index (κ3) is 3.22. The van der Waals surface area contributed by atoms with Gasteiger partial charge in [0.1, 0.15) is 11.5 Å². The SMILES string of the molecule is Cc1ccc(F)c(NC(=O)N2CCCCCC2)c1F. The number of carbonyl (C=O) groups excluding carboxylic acids is 1. The highest BCUT2D eigenvalue weighted by atomic mass is 19.1. The summed E-state index contributed by atoms with van der Waals surface area (Å²) in [6, 6.07) is 2.09. The first-order valence-electron chi connectivity index (χ1n) is 6.60. The molecule has 1 fully saturated rings. The Morgan fingerprint density at radius 2 is 1.79 bits per heavy atom. The highest BCUT2D eigenvalue weighted by Gasteiger charge is 2.19. The average molecular weight is 268 g/mol. The van der Waals surface area contributed by atoms with Crippen LogP contribution in [0.15, 0.2) is 12.1 Å². The molecule has 0 atom stereocenters. The van der Waals surface area contributed by atoms with Crippen molar-refractivity contribution < 1.29 is 13.6 Å². The van der Waals surface area contributed by atoms with Gasteiger partial charge in [0, 0.05) is 13.1 Å². The molecule has 0 radical (unpaired) electrons. The molecule has 1 aliphatic rings. The summed E-state index contributed by atoms with van der Waals surface area (Å²) in [7, 11) is 0. The van der Waals surface area contributed by atoms with Crippen LogP contribution in [-0.2, 0) is 0 Å². The van der Waals surface area contributed by atoms with E-state index in [1.807, 2.05) is 0 Å². The van der Waals surface area contributed by atoms with Crippen molar-refractivity contribution in [2.75, 3.05) is 18.4 Å². The van der Waals surface area contributed by atoms with Crippen molar-refractivity contribution in [3.8, 4) is 0 Å². The highest BCUT2D eigenvalue weighted by molar-refractivity contribution is 5.89. The van der Waals surface area contributed by atoms with Crippen LogP contribution >= 0.6 is 0 Å². The second kappa shape index (κ2) is 5.99. The average Bonchev–Trinajstić information content (AvgIpc) is 2.68. The van der Waals surface area contributed by atoms with Gasteiger partial charge in [-0.2, -0.15) is 0 Å². The van der Waals surface area contributed by atoms with Crippen LogP contribution in [0.5, 0.6) is 0 Å². The number of anilines is 1. The molecule has 0 spiro atoms. The van der Waals surface area contributed by atoms with Gasteiger partial charge in [0.15, 0.2) is 5.82 Å². The molecule has 0 bridgehead atoms. The van der Waals surface area contributed by atoms with Crippen molar-refractivity contribution >= 4 is 11.7 Å². The first-order chi connectivity index (χ1) is 9.09.